The van der Waals surface area contributed by atoms with Crippen LogP contribution in [0.4, 0.5) is 0 Å². The van der Waals surface area contributed by atoms with E-state index in [1.54, 1.807) is 14.2 Å². The Hall–Kier alpha value is -1.52. The Labute approximate surface area is 127 Å². The van der Waals surface area contributed by atoms with Gasteiger partial charge in [-0.1, -0.05) is 33.6 Å². The van der Waals surface area contributed by atoms with Gasteiger partial charge in [-0.15, -0.1) is 0 Å². The Bertz CT molecular complexity index is 611. The van der Waals surface area contributed by atoms with Gasteiger partial charge in [-0.25, -0.2) is 0 Å². The molecule has 20 heavy (non-hydrogen) atoms. The van der Waals surface area contributed by atoms with Crippen LogP contribution in [0.25, 0.3) is 0 Å². The van der Waals surface area contributed by atoms with Crippen molar-refractivity contribution in [3.05, 3.63) is 57.6 Å². The number of methoxy groups -OCH3 is 2. The molecule has 0 spiro atoms. The van der Waals surface area contributed by atoms with Crippen LogP contribution in [0.2, 0.25) is 0 Å². The van der Waals surface area contributed by atoms with E-state index in [-0.39, 0.29) is 0 Å². The highest BCUT2D eigenvalue weighted by molar-refractivity contribution is 9.10. The van der Waals surface area contributed by atoms with E-state index in [1.165, 1.54) is 0 Å². The average molecular weight is 337 g/mol. The highest BCUT2D eigenvalue weighted by Gasteiger charge is 2.19. The Morgan fingerprint density at radius 3 is 2.30 bits per heavy atom. The van der Waals surface area contributed by atoms with Crippen molar-refractivity contribution in [2.75, 3.05) is 14.2 Å². The molecule has 2 aromatic carbocycles. The lowest BCUT2D eigenvalue weighted by atomic mass is 9.98. The highest BCUT2D eigenvalue weighted by Crippen LogP contribution is 2.36. The van der Waals surface area contributed by atoms with Gasteiger partial charge in [0.1, 0.15) is 17.6 Å². The van der Waals surface area contributed by atoms with Gasteiger partial charge < -0.3 is 14.6 Å². The standard InChI is InChI=1S/C16H17BrO3/c1-10-4-7-14(19-2)13(8-10)16(18)12-6-5-11(17)9-15(12)20-3/h4-9,16,18H,1-3H3. The first-order valence-electron chi connectivity index (χ1n) is 6.23. The van der Waals surface area contributed by atoms with Crippen molar-refractivity contribution in [2.45, 2.75) is 13.0 Å². The highest BCUT2D eigenvalue weighted by atomic mass is 79.9. The lowest BCUT2D eigenvalue weighted by Crippen LogP contribution is -2.05. The summed E-state index contributed by atoms with van der Waals surface area (Å²) >= 11 is 3.40. The first-order chi connectivity index (χ1) is 9.56. The number of aliphatic hydroxyl groups excluding tert-OH is 1. The maximum absolute atomic E-state index is 10.7. The van der Waals surface area contributed by atoms with Crippen LogP contribution in [0.3, 0.4) is 0 Å². The van der Waals surface area contributed by atoms with E-state index in [4.69, 9.17) is 9.47 Å². The number of hydrogen-bond acceptors (Lipinski definition) is 3. The molecule has 0 aliphatic heterocycles. The van der Waals surface area contributed by atoms with Crippen LogP contribution in [0.1, 0.15) is 22.8 Å². The van der Waals surface area contributed by atoms with Gasteiger partial charge in [-0.05, 0) is 31.2 Å². The monoisotopic (exact) mass is 336 g/mol. The number of ether oxygens (including phenoxy) is 2. The third kappa shape index (κ3) is 2.97. The number of rotatable bonds is 4. The van der Waals surface area contributed by atoms with Gasteiger partial charge in [-0.2, -0.15) is 0 Å². The van der Waals surface area contributed by atoms with Gasteiger partial charge in [0.2, 0.25) is 0 Å². The van der Waals surface area contributed by atoms with E-state index in [2.05, 4.69) is 15.9 Å². The van der Waals surface area contributed by atoms with Crippen LogP contribution < -0.4 is 9.47 Å². The summed E-state index contributed by atoms with van der Waals surface area (Å²) in [6, 6.07) is 11.3. The minimum absolute atomic E-state index is 0.635. The molecule has 0 amide bonds. The molecule has 0 saturated heterocycles. The molecule has 4 heteroatoms. The van der Waals surface area contributed by atoms with E-state index in [0.29, 0.717) is 17.1 Å². The van der Waals surface area contributed by atoms with Crippen LogP contribution in [-0.4, -0.2) is 19.3 Å². The summed E-state index contributed by atoms with van der Waals surface area (Å²) in [6.45, 7) is 1.98. The van der Waals surface area contributed by atoms with Gasteiger partial charge in [0.15, 0.2) is 0 Å². The smallest absolute Gasteiger partial charge is 0.126 e. The number of aryl methyl sites for hydroxylation is 1. The molecule has 3 nitrogen and oxygen atoms in total. The fraction of sp³-hybridized carbons (Fsp3) is 0.250. The topological polar surface area (TPSA) is 38.7 Å². The molecule has 0 radical (unpaired) electrons. The van der Waals surface area contributed by atoms with Crippen LogP contribution in [0.5, 0.6) is 11.5 Å². The molecule has 0 aromatic heterocycles. The molecule has 0 bridgehead atoms. The number of hydrogen-bond donors (Lipinski definition) is 1. The number of aliphatic hydroxyl groups is 1. The maximum atomic E-state index is 10.7. The molecule has 0 aliphatic rings. The zero-order valence-electron chi connectivity index (χ0n) is 11.7. The van der Waals surface area contributed by atoms with Crippen LogP contribution >= 0.6 is 15.9 Å². The summed E-state index contributed by atoms with van der Waals surface area (Å²) < 4.78 is 11.6. The van der Waals surface area contributed by atoms with Crippen molar-refractivity contribution in [3.8, 4) is 11.5 Å². The summed E-state index contributed by atoms with van der Waals surface area (Å²) in [5.41, 5.74) is 2.50. The second-order valence-electron chi connectivity index (χ2n) is 4.53. The molecule has 2 aromatic rings. The van der Waals surface area contributed by atoms with Crippen molar-refractivity contribution in [1.82, 2.24) is 0 Å². The van der Waals surface area contributed by atoms with Gasteiger partial charge in [0, 0.05) is 15.6 Å². The fourth-order valence-corrected chi connectivity index (χ4v) is 2.49. The lowest BCUT2D eigenvalue weighted by Gasteiger charge is -2.18. The SMILES string of the molecule is COc1cc(Br)ccc1C(O)c1cc(C)ccc1OC. The Morgan fingerprint density at radius 2 is 1.65 bits per heavy atom. The van der Waals surface area contributed by atoms with Crippen LogP contribution in [0, 0.1) is 6.92 Å². The minimum Gasteiger partial charge on any atom is -0.496 e. The lowest BCUT2D eigenvalue weighted by molar-refractivity contribution is 0.209. The second-order valence-corrected chi connectivity index (χ2v) is 5.45. The molecule has 0 heterocycles. The largest absolute Gasteiger partial charge is 0.496 e. The first-order valence-corrected chi connectivity index (χ1v) is 7.02. The van der Waals surface area contributed by atoms with Crippen molar-refractivity contribution < 1.29 is 14.6 Å². The van der Waals surface area contributed by atoms with E-state index in [9.17, 15) is 5.11 Å². The maximum Gasteiger partial charge on any atom is 0.126 e. The molecular weight excluding hydrogens is 320 g/mol. The Morgan fingerprint density at radius 1 is 0.950 bits per heavy atom. The predicted octanol–water partition coefficient (Wildman–Crippen LogP) is 3.86. The normalized spacial score (nSPS) is 12.1. The number of halogens is 1. The molecule has 0 saturated carbocycles. The summed E-state index contributed by atoms with van der Waals surface area (Å²) in [6.07, 6.45) is -0.798. The minimum atomic E-state index is -0.798. The van der Waals surface area contributed by atoms with E-state index in [0.717, 1.165) is 15.6 Å². The molecule has 2 rings (SSSR count). The van der Waals surface area contributed by atoms with Crippen molar-refractivity contribution >= 4 is 15.9 Å². The Balaban J connectivity index is 2.51. The summed E-state index contributed by atoms with van der Waals surface area (Å²) in [7, 11) is 3.19. The third-order valence-corrected chi connectivity index (χ3v) is 3.66. The van der Waals surface area contributed by atoms with Gasteiger partial charge in [0.05, 0.1) is 14.2 Å². The van der Waals surface area contributed by atoms with Crippen LogP contribution in [-0.2, 0) is 0 Å². The van der Waals surface area contributed by atoms with Gasteiger partial charge in [0.25, 0.3) is 0 Å². The number of benzene rings is 2. The van der Waals surface area contributed by atoms with Crippen LogP contribution in [0.15, 0.2) is 40.9 Å². The molecule has 0 aliphatic carbocycles. The van der Waals surface area contributed by atoms with E-state index < -0.39 is 6.10 Å². The van der Waals surface area contributed by atoms with Crippen molar-refractivity contribution in [2.24, 2.45) is 0 Å². The molecule has 0 fully saturated rings. The average Bonchev–Trinajstić information content (AvgIpc) is 2.46. The zero-order chi connectivity index (χ0) is 14.7. The summed E-state index contributed by atoms with van der Waals surface area (Å²) in [4.78, 5) is 0. The van der Waals surface area contributed by atoms with E-state index in [1.807, 2.05) is 43.3 Å². The third-order valence-electron chi connectivity index (χ3n) is 3.17. The van der Waals surface area contributed by atoms with Crippen molar-refractivity contribution in [1.29, 1.82) is 0 Å². The van der Waals surface area contributed by atoms with Gasteiger partial charge in [-0.3, -0.25) is 0 Å². The molecule has 106 valence electrons. The quantitative estimate of drug-likeness (QED) is 0.921. The van der Waals surface area contributed by atoms with E-state index >= 15 is 0 Å². The molecule has 1 unspecified atom stereocenters. The van der Waals surface area contributed by atoms with Gasteiger partial charge >= 0.3 is 0 Å². The summed E-state index contributed by atoms with van der Waals surface area (Å²) in [5, 5.41) is 10.7. The molecule has 1 atom stereocenters. The van der Waals surface area contributed by atoms with Crippen molar-refractivity contribution in [3.63, 3.8) is 0 Å². The predicted molar refractivity (Wildman–Crippen MR) is 82.5 cm³/mol. The Kier molecular flexibility index (Phi) is 4.68. The first kappa shape index (κ1) is 14.9. The summed E-state index contributed by atoms with van der Waals surface area (Å²) in [5.74, 6) is 1.29. The fourth-order valence-electron chi connectivity index (χ4n) is 2.15. The molecule has 1 N–H and O–H groups in total. The molecular formula is C16H17BrO3. The zero-order valence-corrected chi connectivity index (χ0v) is 13.3. The second kappa shape index (κ2) is 6.29.